The number of nitrogens with zero attached hydrogens (tertiary/aromatic N) is 2. The van der Waals surface area contributed by atoms with Crippen LogP contribution in [0.1, 0.15) is 51.3 Å². The fourth-order valence-electron chi connectivity index (χ4n) is 3.06. The van der Waals surface area contributed by atoms with Gasteiger partial charge in [0.15, 0.2) is 0 Å². The van der Waals surface area contributed by atoms with E-state index in [2.05, 4.69) is 34.9 Å². The first-order chi connectivity index (χ1) is 8.81. The van der Waals surface area contributed by atoms with Gasteiger partial charge in [0.05, 0.1) is 0 Å². The van der Waals surface area contributed by atoms with Crippen molar-refractivity contribution in [3.8, 4) is 0 Å². The highest BCUT2D eigenvalue weighted by Crippen LogP contribution is 2.27. The number of nitrogens with one attached hydrogen (secondary N) is 1. The summed E-state index contributed by atoms with van der Waals surface area (Å²) in [6.07, 6.45) is 12.3. The van der Waals surface area contributed by atoms with Gasteiger partial charge in [-0.2, -0.15) is 0 Å². The van der Waals surface area contributed by atoms with Gasteiger partial charge in [-0.1, -0.05) is 26.2 Å². The van der Waals surface area contributed by atoms with Crippen LogP contribution in [-0.2, 0) is 6.54 Å². The van der Waals surface area contributed by atoms with Crippen LogP contribution in [0.25, 0.3) is 0 Å². The summed E-state index contributed by atoms with van der Waals surface area (Å²) in [5.74, 6) is 1.99. The van der Waals surface area contributed by atoms with Crippen molar-refractivity contribution < 1.29 is 0 Å². The molecule has 1 saturated carbocycles. The number of imidazole rings is 1. The van der Waals surface area contributed by atoms with Gasteiger partial charge in [-0.05, 0) is 38.6 Å². The summed E-state index contributed by atoms with van der Waals surface area (Å²) in [5, 5.41) is 3.76. The summed E-state index contributed by atoms with van der Waals surface area (Å²) in [4.78, 5) is 4.33. The van der Waals surface area contributed by atoms with Crippen molar-refractivity contribution in [1.82, 2.24) is 14.9 Å². The van der Waals surface area contributed by atoms with E-state index >= 15 is 0 Å². The van der Waals surface area contributed by atoms with Gasteiger partial charge in [-0.3, -0.25) is 0 Å². The number of hydrogen-bond acceptors (Lipinski definition) is 2. The normalized spacial score (nSPS) is 19.0. The van der Waals surface area contributed by atoms with Crippen LogP contribution in [0.15, 0.2) is 12.4 Å². The number of hydrogen-bond donors (Lipinski definition) is 1. The minimum atomic E-state index is 0.623. The maximum Gasteiger partial charge on any atom is 0.105 e. The first-order valence-electron chi connectivity index (χ1n) is 7.52. The van der Waals surface area contributed by atoms with E-state index in [-0.39, 0.29) is 0 Å². The van der Waals surface area contributed by atoms with Crippen molar-refractivity contribution in [2.75, 3.05) is 6.54 Å². The van der Waals surface area contributed by atoms with Crippen molar-refractivity contribution in [1.29, 1.82) is 0 Å². The third-order valence-corrected chi connectivity index (χ3v) is 4.19. The number of rotatable bonds is 6. The second-order valence-corrected chi connectivity index (χ2v) is 5.59. The largest absolute Gasteiger partial charge is 0.334 e. The van der Waals surface area contributed by atoms with Crippen LogP contribution in [0.2, 0.25) is 0 Å². The van der Waals surface area contributed by atoms with E-state index in [1.54, 1.807) is 0 Å². The van der Waals surface area contributed by atoms with Crippen LogP contribution in [0.4, 0.5) is 0 Å². The molecule has 0 amide bonds. The Kier molecular flexibility index (Phi) is 5.24. The lowest BCUT2D eigenvalue weighted by Crippen LogP contribution is -2.41. The standard InChI is InChI=1S/C15H27N3/c1-3-9-17-15(14-7-5-4-6-8-14)12-18-11-10-16-13(18)2/h10-11,14-15,17H,3-9,12H2,1-2H3. The Balaban J connectivity index is 1.97. The lowest BCUT2D eigenvalue weighted by atomic mass is 9.83. The molecule has 0 spiro atoms. The van der Waals surface area contributed by atoms with E-state index in [9.17, 15) is 0 Å². The molecule has 0 radical (unpaired) electrons. The van der Waals surface area contributed by atoms with Gasteiger partial charge in [0, 0.05) is 25.0 Å². The Morgan fingerprint density at radius 3 is 2.78 bits per heavy atom. The van der Waals surface area contributed by atoms with Crippen LogP contribution in [0.5, 0.6) is 0 Å². The van der Waals surface area contributed by atoms with Gasteiger partial charge in [0.1, 0.15) is 5.82 Å². The molecule has 1 atom stereocenters. The first-order valence-corrected chi connectivity index (χ1v) is 7.52. The Bertz CT molecular complexity index is 339. The average molecular weight is 249 g/mol. The Morgan fingerprint density at radius 2 is 2.17 bits per heavy atom. The monoisotopic (exact) mass is 249 g/mol. The molecule has 0 aromatic carbocycles. The Hall–Kier alpha value is -0.830. The van der Waals surface area contributed by atoms with Gasteiger partial charge in [-0.15, -0.1) is 0 Å². The Morgan fingerprint density at radius 1 is 1.39 bits per heavy atom. The van der Waals surface area contributed by atoms with Crippen LogP contribution < -0.4 is 5.32 Å². The highest BCUT2D eigenvalue weighted by molar-refractivity contribution is 4.91. The quantitative estimate of drug-likeness (QED) is 0.839. The third kappa shape index (κ3) is 3.58. The fourth-order valence-corrected chi connectivity index (χ4v) is 3.06. The lowest BCUT2D eigenvalue weighted by Gasteiger charge is -2.31. The second kappa shape index (κ2) is 6.93. The number of aromatic nitrogens is 2. The third-order valence-electron chi connectivity index (χ3n) is 4.19. The number of aryl methyl sites for hydroxylation is 1. The highest BCUT2D eigenvalue weighted by Gasteiger charge is 2.23. The van der Waals surface area contributed by atoms with Crippen molar-refractivity contribution in [3.05, 3.63) is 18.2 Å². The summed E-state index contributed by atoms with van der Waals surface area (Å²) < 4.78 is 2.29. The molecule has 0 bridgehead atoms. The van der Waals surface area contributed by atoms with E-state index in [0.717, 1.165) is 24.8 Å². The van der Waals surface area contributed by atoms with Crippen molar-refractivity contribution in [3.63, 3.8) is 0 Å². The summed E-state index contributed by atoms with van der Waals surface area (Å²) in [7, 11) is 0. The van der Waals surface area contributed by atoms with Crippen LogP contribution in [0.3, 0.4) is 0 Å². The molecule has 3 heteroatoms. The van der Waals surface area contributed by atoms with E-state index < -0.39 is 0 Å². The van der Waals surface area contributed by atoms with Gasteiger partial charge in [0.2, 0.25) is 0 Å². The topological polar surface area (TPSA) is 29.9 Å². The lowest BCUT2D eigenvalue weighted by molar-refractivity contribution is 0.247. The molecule has 1 fully saturated rings. The van der Waals surface area contributed by atoms with Gasteiger partial charge in [-0.25, -0.2) is 4.98 Å². The van der Waals surface area contributed by atoms with Crippen LogP contribution in [-0.4, -0.2) is 22.1 Å². The molecule has 1 aliphatic rings. The SMILES string of the molecule is CCCNC(Cn1ccnc1C)C1CCCCC1. The molecule has 102 valence electrons. The molecule has 1 N–H and O–H groups in total. The van der Waals surface area contributed by atoms with Gasteiger partial charge < -0.3 is 9.88 Å². The first kappa shape index (κ1) is 13.6. The predicted octanol–water partition coefficient (Wildman–Crippen LogP) is 3.14. The van der Waals surface area contributed by atoms with Crippen LogP contribution in [0, 0.1) is 12.8 Å². The molecule has 1 unspecified atom stereocenters. The molecule has 1 aliphatic carbocycles. The van der Waals surface area contributed by atoms with Crippen molar-refractivity contribution in [2.45, 2.75) is 65.0 Å². The zero-order valence-electron chi connectivity index (χ0n) is 11.9. The zero-order chi connectivity index (χ0) is 12.8. The molecule has 1 heterocycles. The zero-order valence-corrected chi connectivity index (χ0v) is 11.9. The van der Waals surface area contributed by atoms with Crippen molar-refractivity contribution in [2.24, 2.45) is 5.92 Å². The van der Waals surface area contributed by atoms with Gasteiger partial charge in [0.25, 0.3) is 0 Å². The van der Waals surface area contributed by atoms with Crippen LogP contribution >= 0.6 is 0 Å². The van der Waals surface area contributed by atoms with Crippen molar-refractivity contribution >= 4 is 0 Å². The van der Waals surface area contributed by atoms with E-state index in [4.69, 9.17) is 0 Å². The second-order valence-electron chi connectivity index (χ2n) is 5.59. The summed E-state index contributed by atoms with van der Waals surface area (Å²) in [6.45, 7) is 6.55. The molecule has 1 aromatic heterocycles. The predicted molar refractivity (Wildman–Crippen MR) is 75.6 cm³/mol. The van der Waals surface area contributed by atoms with Gasteiger partial charge >= 0.3 is 0 Å². The molecule has 1 aromatic rings. The smallest absolute Gasteiger partial charge is 0.105 e. The fraction of sp³-hybridized carbons (Fsp3) is 0.800. The molecular weight excluding hydrogens is 222 g/mol. The molecule has 3 nitrogen and oxygen atoms in total. The Labute approximate surface area is 111 Å². The minimum absolute atomic E-state index is 0.623. The van der Waals surface area contributed by atoms with E-state index in [1.165, 1.54) is 38.5 Å². The molecule has 2 rings (SSSR count). The highest BCUT2D eigenvalue weighted by atomic mass is 15.1. The van der Waals surface area contributed by atoms with E-state index in [1.807, 2.05) is 6.20 Å². The molecule has 0 saturated heterocycles. The molecule has 0 aliphatic heterocycles. The summed E-state index contributed by atoms with van der Waals surface area (Å²) >= 11 is 0. The summed E-state index contributed by atoms with van der Waals surface area (Å²) in [5.41, 5.74) is 0. The van der Waals surface area contributed by atoms with E-state index in [0.29, 0.717) is 6.04 Å². The minimum Gasteiger partial charge on any atom is -0.334 e. The molecular formula is C15H27N3. The maximum absolute atomic E-state index is 4.33. The maximum atomic E-state index is 4.33. The molecule has 18 heavy (non-hydrogen) atoms. The average Bonchev–Trinajstić information content (AvgIpc) is 2.81. The summed E-state index contributed by atoms with van der Waals surface area (Å²) in [6, 6.07) is 0.623.